The standard InChI is InChI=1S/C30H32FN3O5/c1-4-15(11-35)18-8-25-28-20(10-34(25)30(38)21(18)13-39-3)27-23(33-29(37)19-7-16(19)12-36)6-5-17-14(2)22(31)9-24(32-28)26(17)27/h8-9,11,15-16,19,23,36H,4-7,10,12-13H2,1-3H3,(H,33,37). The number of rotatable bonds is 8. The highest BCUT2D eigenvalue weighted by Crippen LogP contribution is 2.46. The Morgan fingerprint density at radius 2 is 2.15 bits per heavy atom. The molecule has 2 N–H and O–H groups in total. The molecule has 1 saturated carbocycles. The van der Waals surface area contributed by atoms with Crippen molar-refractivity contribution in [2.45, 2.75) is 64.6 Å². The second-order valence-corrected chi connectivity index (χ2v) is 11.0. The molecule has 0 saturated heterocycles. The largest absolute Gasteiger partial charge is 0.396 e. The third-order valence-electron chi connectivity index (χ3n) is 8.87. The lowest BCUT2D eigenvalue weighted by Gasteiger charge is -2.30. The number of amides is 1. The van der Waals surface area contributed by atoms with E-state index in [1.54, 1.807) is 11.5 Å². The Labute approximate surface area is 225 Å². The number of hydrogen-bond donors (Lipinski definition) is 2. The quantitative estimate of drug-likeness (QED) is 0.336. The van der Waals surface area contributed by atoms with Crippen molar-refractivity contribution in [2.24, 2.45) is 11.8 Å². The van der Waals surface area contributed by atoms with Crippen molar-refractivity contribution in [1.82, 2.24) is 14.9 Å². The van der Waals surface area contributed by atoms with Gasteiger partial charge in [0.2, 0.25) is 5.91 Å². The van der Waals surface area contributed by atoms with Gasteiger partial charge < -0.3 is 24.5 Å². The van der Waals surface area contributed by atoms with Crippen LogP contribution in [-0.4, -0.2) is 40.6 Å². The molecule has 0 radical (unpaired) electrons. The van der Waals surface area contributed by atoms with E-state index in [2.05, 4.69) is 5.32 Å². The molecular weight excluding hydrogens is 501 g/mol. The zero-order valence-corrected chi connectivity index (χ0v) is 22.3. The summed E-state index contributed by atoms with van der Waals surface area (Å²) in [5.74, 6) is -1.10. The molecular formula is C30H32FN3O5. The Morgan fingerprint density at radius 3 is 2.82 bits per heavy atom. The summed E-state index contributed by atoms with van der Waals surface area (Å²) in [6, 6.07) is 2.97. The van der Waals surface area contributed by atoms with E-state index in [0.29, 0.717) is 59.3 Å². The molecule has 204 valence electrons. The number of carbonyl (C=O) groups is 2. The number of pyridine rings is 2. The lowest BCUT2D eigenvalue weighted by Crippen LogP contribution is -2.33. The van der Waals surface area contributed by atoms with Gasteiger partial charge in [-0.1, -0.05) is 6.92 Å². The first kappa shape index (κ1) is 25.8. The number of aromatic nitrogens is 2. The van der Waals surface area contributed by atoms with E-state index in [1.807, 2.05) is 13.0 Å². The number of nitrogens with zero attached hydrogens (tertiary/aromatic N) is 2. The van der Waals surface area contributed by atoms with Gasteiger partial charge in [0.15, 0.2) is 0 Å². The number of methoxy groups -OCH3 is 1. The van der Waals surface area contributed by atoms with Gasteiger partial charge >= 0.3 is 0 Å². The van der Waals surface area contributed by atoms with E-state index in [-0.39, 0.29) is 54.9 Å². The monoisotopic (exact) mass is 533 g/mol. The lowest BCUT2D eigenvalue weighted by atomic mass is 9.81. The topological polar surface area (TPSA) is 111 Å². The zero-order chi connectivity index (χ0) is 27.6. The van der Waals surface area contributed by atoms with E-state index in [0.717, 1.165) is 28.4 Å². The molecule has 1 aromatic carbocycles. The highest BCUT2D eigenvalue weighted by Gasteiger charge is 2.44. The van der Waals surface area contributed by atoms with Crippen molar-refractivity contribution in [3.63, 3.8) is 0 Å². The summed E-state index contributed by atoms with van der Waals surface area (Å²) < 4.78 is 22.0. The maximum absolute atomic E-state index is 15.0. The molecule has 0 spiro atoms. The SMILES string of the molecule is CCC(C=O)c1cc2n(c(=O)c1COC)Cc1c-2nc2cc(F)c(C)c3c2c1C(NC(=O)C1CC1CO)CC3. The number of halogens is 1. The first-order chi connectivity index (χ1) is 18.8. The predicted octanol–water partition coefficient (Wildman–Crippen LogP) is 3.44. The summed E-state index contributed by atoms with van der Waals surface area (Å²) in [6.07, 6.45) is 3.25. The van der Waals surface area contributed by atoms with Gasteiger partial charge in [-0.25, -0.2) is 9.37 Å². The van der Waals surface area contributed by atoms with Gasteiger partial charge in [0.05, 0.1) is 36.1 Å². The highest BCUT2D eigenvalue weighted by atomic mass is 19.1. The molecule has 8 nitrogen and oxygen atoms in total. The van der Waals surface area contributed by atoms with Gasteiger partial charge in [-0.05, 0) is 66.8 Å². The Hall–Kier alpha value is -3.43. The summed E-state index contributed by atoms with van der Waals surface area (Å²) in [7, 11) is 1.52. The molecule has 6 rings (SSSR count). The summed E-state index contributed by atoms with van der Waals surface area (Å²) in [5, 5.41) is 13.5. The van der Waals surface area contributed by atoms with E-state index in [1.165, 1.54) is 13.2 Å². The van der Waals surface area contributed by atoms with Crippen molar-refractivity contribution in [1.29, 1.82) is 0 Å². The smallest absolute Gasteiger partial charge is 0.257 e. The molecule has 4 unspecified atom stereocenters. The summed E-state index contributed by atoms with van der Waals surface area (Å²) in [4.78, 5) is 43.7. The number of nitrogens with one attached hydrogen (secondary N) is 1. The Bertz CT molecular complexity index is 1600. The number of ether oxygens (including phenoxy) is 1. The molecule has 2 aliphatic carbocycles. The number of fused-ring (bicyclic) bond motifs is 4. The minimum atomic E-state index is -0.464. The fraction of sp³-hybridized carbons (Fsp3) is 0.467. The van der Waals surface area contributed by atoms with Crippen LogP contribution >= 0.6 is 0 Å². The van der Waals surface area contributed by atoms with Gasteiger partial charge in [0.1, 0.15) is 12.1 Å². The van der Waals surface area contributed by atoms with Gasteiger partial charge in [0.25, 0.3) is 5.56 Å². The molecule has 3 heterocycles. The van der Waals surface area contributed by atoms with Crippen LogP contribution in [0.25, 0.3) is 22.3 Å². The summed E-state index contributed by atoms with van der Waals surface area (Å²) in [6.45, 7) is 4.00. The summed E-state index contributed by atoms with van der Waals surface area (Å²) >= 11 is 0. The molecule has 1 fully saturated rings. The van der Waals surface area contributed by atoms with Crippen LogP contribution in [0, 0.1) is 24.6 Å². The van der Waals surface area contributed by atoms with Crippen LogP contribution in [0.4, 0.5) is 4.39 Å². The molecule has 1 aliphatic heterocycles. The minimum Gasteiger partial charge on any atom is -0.396 e. The number of hydrogen-bond acceptors (Lipinski definition) is 6. The van der Waals surface area contributed by atoms with Crippen molar-refractivity contribution >= 4 is 23.1 Å². The second-order valence-electron chi connectivity index (χ2n) is 11.0. The van der Waals surface area contributed by atoms with Crippen LogP contribution in [0.5, 0.6) is 0 Å². The fourth-order valence-corrected chi connectivity index (χ4v) is 6.57. The number of aldehydes is 1. The first-order valence-corrected chi connectivity index (χ1v) is 13.6. The molecule has 3 aromatic rings. The van der Waals surface area contributed by atoms with Crippen LogP contribution in [0.2, 0.25) is 0 Å². The average molecular weight is 534 g/mol. The molecule has 3 aliphatic rings. The van der Waals surface area contributed by atoms with E-state index < -0.39 is 5.92 Å². The van der Waals surface area contributed by atoms with Crippen LogP contribution in [0.3, 0.4) is 0 Å². The third-order valence-corrected chi connectivity index (χ3v) is 8.87. The molecule has 9 heteroatoms. The molecule has 0 bridgehead atoms. The van der Waals surface area contributed by atoms with Crippen LogP contribution < -0.4 is 10.9 Å². The molecule has 4 atom stereocenters. The maximum atomic E-state index is 15.0. The predicted molar refractivity (Wildman–Crippen MR) is 143 cm³/mol. The summed E-state index contributed by atoms with van der Waals surface area (Å²) in [5.41, 5.74) is 5.68. The Kier molecular flexibility index (Phi) is 6.38. The van der Waals surface area contributed by atoms with Crippen molar-refractivity contribution in [3.05, 3.63) is 61.7 Å². The van der Waals surface area contributed by atoms with Crippen molar-refractivity contribution in [2.75, 3.05) is 13.7 Å². The molecule has 39 heavy (non-hydrogen) atoms. The lowest BCUT2D eigenvalue weighted by molar-refractivity contribution is -0.123. The van der Waals surface area contributed by atoms with Crippen LogP contribution in [0.15, 0.2) is 16.9 Å². The number of aryl methyl sites for hydroxylation is 1. The van der Waals surface area contributed by atoms with Crippen LogP contribution in [0.1, 0.15) is 71.5 Å². The number of aliphatic hydroxyl groups excluding tert-OH is 1. The first-order valence-electron chi connectivity index (χ1n) is 13.6. The minimum absolute atomic E-state index is 0.00909. The van der Waals surface area contributed by atoms with Gasteiger partial charge in [-0.15, -0.1) is 0 Å². The Morgan fingerprint density at radius 1 is 1.36 bits per heavy atom. The van der Waals surface area contributed by atoms with Gasteiger partial charge in [-0.3, -0.25) is 9.59 Å². The van der Waals surface area contributed by atoms with E-state index in [4.69, 9.17) is 9.72 Å². The van der Waals surface area contributed by atoms with E-state index >= 15 is 4.39 Å². The van der Waals surface area contributed by atoms with E-state index in [9.17, 15) is 19.5 Å². The van der Waals surface area contributed by atoms with Gasteiger partial charge in [-0.2, -0.15) is 0 Å². The highest BCUT2D eigenvalue weighted by molar-refractivity contribution is 5.94. The Balaban J connectivity index is 1.57. The molecule has 2 aromatic heterocycles. The average Bonchev–Trinajstić information content (AvgIpc) is 3.64. The number of aliphatic hydroxyl groups is 1. The fourth-order valence-electron chi connectivity index (χ4n) is 6.57. The van der Waals surface area contributed by atoms with Crippen molar-refractivity contribution in [3.8, 4) is 11.4 Å². The van der Waals surface area contributed by atoms with Gasteiger partial charge in [0, 0.05) is 48.1 Å². The van der Waals surface area contributed by atoms with Crippen LogP contribution in [-0.2, 0) is 33.9 Å². The third kappa shape index (κ3) is 3.93. The normalized spacial score (nSPS) is 21.4. The number of carbonyl (C=O) groups excluding carboxylic acids is 2. The maximum Gasteiger partial charge on any atom is 0.257 e. The molecule has 1 amide bonds. The van der Waals surface area contributed by atoms with Crippen molar-refractivity contribution < 1.29 is 23.8 Å². The second kappa shape index (κ2) is 9.64. The zero-order valence-electron chi connectivity index (χ0n) is 22.3. The number of benzene rings is 1.